The Balaban J connectivity index is 1.94. The number of rotatable bonds is 7. The number of benzene rings is 2. The fourth-order valence-corrected chi connectivity index (χ4v) is 3.26. The molecule has 0 aliphatic carbocycles. The van der Waals surface area contributed by atoms with Gasteiger partial charge in [-0.3, -0.25) is 14.9 Å². The van der Waals surface area contributed by atoms with E-state index in [9.17, 15) is 23.3 Å². The molecule has 2 rings (SSSR count). The first-order valence-electron chi connectivity index (χ1n) is 7.80. The predicted molar refractivity (Wildman–Crippen MR) is 96.5 cm³/mol. The van der Waals surface area contributed by atoms with Crippen molar-refractivity contribution in [1.82, 2.24) is 10.0 Å². The molecular weight excluding hydrogens is 358 g/mol. The molecule has 0 aromatic heterocycles. The molecule has 2 N–H and O–H groups in total. The fourth-order valence-electron chi connectivity index (χ4n) is 2.20. The number of hydrogen-bond donors (Lipinski definition) is 2. The van der Waals surface area contributed by atoms with Crippen molar-refractivity contribution in [1.29, 1.82) is 0 Å². The number of sulfonamides is 1. The van der Waals surface area contributed by atoms with E-state index in [1.807, 2.05) is 19.1 Å². The summed E-state index contributed by atoms with van der Waals surface area (Å²) >= 11 is 0. The van der Waals surface area contributed by atoms with E-state index in [1.165, 1.54) is 19.1 Å². The summed E-state index contributed by atoms with van der Waals surface area (Å²) in [6.07, 6.45) is 0. The Kier molecular flexibility index (Phi) is 6.06. The first-order chi connectivity index (χ1) is 12.2. The quantitative estimate of drug-likeness (QED) is 0.434. The van der Waals surface area contributed by atoms with Gasteiger partial charge in [-0.2, -0.15) is 0 Å². The molecule has 8 nitrogen and oxygen atoms in total. The Morgan fingerprint density at radius 3 is 2.35 bits per heavy atom. The average Bonchev–Trinajstić information content (AvgIpc) is 2.59. The maximum atomic E-state index is 12.2. The molecule has 0 heterocycles. The van der Waals surface area contributed by atoms with E-state index in [4.69, 9.17) is 0 Å². The largest absolute Gasteiger partial charge is 0.351 e. The third kappa shape index (κ3) is 4.87. The summed E-state index contributed by atoms with van der Waals surface area (Å²) < 4.78 is 26.8. The zero-order chi connectivity index (χ0) is 19.3. The second-order valence-corrected chi connectivity index (χ2v) is 7.49. The second-order valence-electron chi connectivity index (χ2n) is 5.73. The van der Waals surface area contributed by atoms with E-state index in [-0.39, 0.29) is 29.6 Å². The lowest BCUT2D eigenvalue weighted by Gasteiger charge is -2.09. The normalized spacial score (nSPS) is 11.2. The van der Waals surface area contributed by atoms with Crippen molar-refractivity contribution >= 4 is 21.6 Å². The fraction of sp³-hybridized carbons (Fsp3) is 0.235. The SMILES string of the molecule is Cc1ccc(C(=O)NCCNS(=O)(=O)c2ccc(C)c([N+](=O)[O-])c2)cc1. The summed E-state index contributed by atoms with van der Waals surface area (Å²) in [7, 11) is -3.91. The lowest BCUT2D eigenvalue weighted by atomic mass is 10.1. The van der Waals surface area contributed by atoms with Crippen LogP contribution in [-0.4, -0.2) is 32.3 Å². The number of nitro benzene ring substituents is 1. The van der Waals surface area contributed by atoms with E-state index < -0.39 is 14.9 Å². The van der Waals surface area contributed by atoms with Crippen molar-refractivity contribution in [3.8, 4) is 0 Å². The van der Waals surface area contributed by atoms with Crippen LogP contribution in [0, 0.1) is 24.0 Å². The zero-order valence-corrected chi connectivity index (χ0v) is 15.2. The minimum Gasteiger partial charge on any atom is -0.351 e. The summed E-state index contributed by atoms with van der Waals surface area (Å²) in [6.45, 7) is 3.48. The molecule has 2 aromatic carbocycles. The molecule has 1 amide bonds. The monoisotopic (exact) mass is 377 g/mol. The minimum absolute atomic E-state index is 0.0401. The molecule has 0 fully saturated rings. The summed E-state index contributed by atoms with van der Waals surface area (Å²) in [5, 5.41) is 13.5. The molecule has 0 spiro atoms. The number of nitrogens with one attached hydrogen (secondary N) is 2. The maximum absolute atomic E-state index is 12.2. The van der Waals surface area contributed by atoms with E-state index in [0.717, 1.165) is 11.6 Å². The lowest BCUT2D eigenvalue weighted by Crippen LogP contribution is -2.34. The van der Waals surface area contributed by atoms with E-state index in [0.29, 0.717) is 11.1 Å². The van der Waals surface area contributed by atoms with Crippen molar-refractivity contribution in [2.45, 2.75) is 18.7 Å². The first kappa shape index (κ1) is 19.5. The smallest absolute Gasteiger partial charge is 0.273 e. The molecule has 9 heteroatoms. The number of nitrogens with zero attached hydrogens (tertiary/aromatic N) is 1. The number of nitro groups is 1. The van der Waals surface area contributed by atoms with Crippen LogP contribution in [0.1, 0.15) is 21.5 Å². The van der Waals surface area contributed by atoms with Gasteiger partial charge in [0.15, 0.2) is 0 Å². The van der Waals surface area contributed by atoms with Gasteiger partial charge in [0.25, 0.3) is 11.6 Å². The second kappa shape index (κ2) is 8.07. The molecule has 0 aliphatic heterocycles. The van der Waals surface area contributed by atoms with E-state index in [1.54, 1.807) is 12.1 Å². The van der Waals surface area contributed by atoms with Crippen LogP contribution in [0.3, 0.4) is 0 Å². The molecule has 2 aromatic rings. The van der Waals surface area contributed by atoms with Gasteiger partial charge in [0, 0.05) is 30.3 Å². The zero-order valence-electron chi connectivity index (χ0n) is 14.4. The average molecular weight is 377 g/mol. The Labute approximate surface area is 151 Å². The van der Waals surface area contributed by atoms with Crippen molar-refractivity contribution in [3.63, 3.8) is 0 Å². The van der Waals surface area contributed by atoms with Crippen molar-refractivity contribution in [2.24, 2.45) is 0 Å². The molecule has 0 saturated carbocycles. The number of carbonyl (C=O) groups excluding carboxylic acids is 1. The highest BCUT2D eigenvalue weighted by atomic mass is 32.2. The topological polar surface area (TPSA) is 118 Å². The third-order valence-corrected chi connectivity index (χ3v) is 5.16. The van der Waals surface area contributed by atoms with Gasteiger partial charge in [-0.05, 0) is 32.0 Å². The summed E-state index contributed by atoms with van der Waals surface area (Å²) in [6, 6.07) is 10.7. The molecule has 0 unspecified atom stereocenters. The highest BCUT2D eigenvalue weighted by Crippen LogP contribution is 2.21. The predicted octanol–water partition coefficient (Wildman–Crippen LogP) is 1.92. The van der Waals surface area contributed by atoms with Gasteiger partial charge in [0.2, 0.25) is 10.0 Å². The number of amides is 1. The molecule has 138 valence electrons. The molecule has 0 bridgehead atoms. The first-order valence-corrected chi connectivity index (χ1v) is 9.28. The maximum Gasteiger partial charge on any atom is 0.273 e. The Morgan fingerprint density at radius 2 is 1.73 bits per heavy atom. The summed E-state index contributed by atoms with van der Waals surface area (Å²) in [5.74, 6) is -0.310. The van der Waals surface area contributed by atoms with Crippen molar-refractivity contribution in [2.75, 3.05) is 13.1 Å². The molecule has 0 atom stereocenters. The molecular formula is C17H19N3O5S. The standard InChI is InChI=1S/C17H19N3O5S/c1-12-3-6-14(7-4-12)17(21)18-9-10-19-26(24,25)15-8-5-13(2)16(11-15)20(22)23/h3-8,11,19H,9-10H2,1-2H3,(H,18,21). The van der Waals surface area contributed by atoms with Gasteiger partial charge in [0.05, 0.1) is 9.82 Å². The number of carbonyl (C=O) groups is 1. The molecule has 26 heavy (non-hydrogen) atoms. The van der Waals surface area contributed by atoms with Crippen LogP contribution in [0.4, 0.5) is 5.69 Å². The summed E-state index contributed by atoms with van der Waals surface area (Å²) in [5.41, 5.74) is 1.62. The van der Waals surface area contributed by atoms with E-state index >= 15 is 0 Å². The molecule has 0 radical (unpaired) electrons. The highest BCUT2D eigenvalue weighted by Gasteiger charge is 2.19. The highest BCUT2D eigenvalue weighted by molar-refractivity contribution is 7.89. The number of hydrogen-bond acceptors (Lipinski definition) is 5. The van der Waals surface area contributed by atoms with Crippen molar-refractivity contribution in [3.05, 3.63) is 69.3 Å². The Morgan fingerprint density at radius 1 is 1.08 bits per heavy atom. The van der Waals surface area contributed by atoms with Crippen LogP contribution in [-0.2, 0) is 10.0 Å². The molecule has 0 saturated heterocycles. The van der Waals surface area contributed by atoms with Crippen LogP contribution < -0.4 is 10.0 Å². The summed E-state index contributed by atoms with van der Waals surface area (Å²) in [4.78, 5) is 22.1. The minimum atomic E-state index is -3.91. The van der Waals surface area contributed by atoms with Gasteiger partial charge in [0.1, 0.15) is 0 Å². The van der Waals surface area contributed by atoms with Gasteiger partial charge < -0.3 is 5.32 Å². The third-order valence-electron chi connectivity index (χ3n) is 3.70. The van der Waals surface area contributed by atoms with Gasteiger partial charge in [-0.15, -0.1) is 0 Å². The Hall–Kier alpha value is -2.78. The van der Waals surface area contributed by atoms with Crippen LogP contribution in [0.15, 0.2) is 47.4 Å². The van der Waals surface area contributed by atoms with Crippen LogP contribution in [0.25, 0.3) is 0 Å². The number of aryl methyl sites for hydroxylation is 2. The Bertz CT molecular complexity index is 924. The molecule has 0 aliphatic rings. The van der Waals surface area contributed by atoms with Crippen LogP contribution in [0.2, 0.25) is 0 Å². The van der Waals surface area contributed by atoms with Gasteiger partial charge in [-0.25, -0.2) is 13.1 Å². The van der Waals surface area contributed by atoms with E-state index in [2.05, 4.69) is 10.0 Å². The van der Waals surface area contributed by atoms with Crippen LogP contribution >= 0.6 is 0 Å². The van der Waals surface area contributed by atoms with Crippen LogP contribution in [0.5, 0.6) is 0 Å². The van der Waals surface area contributed by atoms with Gasteiger partial charge >= 0.3 is 0 Å². The van der Waals surface area contributed by atoms with Crippen molar-refractivity contribution < 1.29 is 18.1 Å². The van der Waals surface area contributed by atoms with Gasteiger partial charge in [-0.1, -0.05) is 23.8 Å². The lowest BCUT2D eigenvalue weighted by molar-refractivity contribution is -0.385.